The van der Waals surface area contributed by atoms with E-state index < -0.39 is 0 Å². The Morgan fingerprint density at radius 2 is 1.69 bits per heavy atom. The van der Waals surface area contributed by atoms with Gasteiger partial charge in [0.1, 0.15) is 0 Å². The molecule has 0 unspecified atom stereocenters. The Balaban J connectivity index is 1.43. The van der Waals surface area contributed by atoms with Gasteiger partial charge in [-0.3, -0.25) is 14.4 Å². The largest absolute Gasteiger partial charge is 0.466 e. The van der Waals surface area contributed by atoms with Crippen molar-refractivity contribution >= 4 is 17.8 Å². The highest BCUT2D eigenvalue weighted by Crippen LogP contribution is 2.14. The van der Waals surface area contributed by atoms with E-state index in [1.807, 2.05) is 53.4 Å². The molecular weight excluding hydrogens is 370 g/mol. The highest BCUT2D eigenvalue weighted by molar-refractivity contribution is 5.94. The van der Waals surface area contributed by atoms with Crippen LogP contribution in [0, 0.1) is 0 Å². The highest BCUT2D eigenvalue weighted by atomic mass is 16.5. The van der Waals surface area contributed by atoms with Gasteiger partial charge in [0.05, 0.1) is 13.0 Å². The maximum absolute atomic E-state index is 12.5. The lowest BCUT2D eigenvalue weighted by atomic mass is 10.0. The Labute approximate surface area is 170 Å². The van der Waals surface area contributed by atoms with Gasteiger partial charge in [0.15, 0.2) is 0 Å². The first-order valence-corrected chi connectivity index (χ1v) is 10.0. The summed E-state index contributed by atoms with van der Waals surface area (Å²) in [6.07, 6.45) is 5.61. The number of carbonyl (C=O) groups excluding carboxylic acids is 3. The first-order chi connectivity index (χ1) is 14.1. The Morgan fingerprint density at radius 3 is 2.31 bits per heavy atom. The highest BCUT2D eigenvalue weighted by Gasteiger charge is 2.24. The number of carbonyl (C=O) groups is 3. The number of hydrogen-bond acceptors (Lipinski definition) is 4. The molecule has 7 heteroatoms. The van der Waals surface area contributed by atoms with Crippen molar-refractivity contribution in [2.75, 3.05) is 19.7 Å². The average molecular weight is 397 g/mol. The number of aromatic nitrogens is 1. The van der Waals surface area contributed by atoms with Gasteiger partial charge in [-0.2, -0.15) is 0 Å². The first-order valence-electron chi connectivity index (χ1n) is 10.0. The summed E-state index contributed by atoms with van der Waals surface area (Å²) in [5.74, 6) is -0.481. The van der Waals surface area contributed by atoms with E-state index in [1.54, 1.807) is 11.8 Å². The van der Waals surface area contributed by atoms with Crippen LogP contribution in [0.15, 0.2) is 48.8 Å². The van der Waals surface area contributed by atoms with E-state index in [-0.39, 0.29) is 36.7 Å². The number of hydrogen-bond donors (Lipinski definition) is 1. The summed E-state index contributed by atoms with van der Waals surface area (Å²) in [6.45, 7) is 3.24. The number of piperidine rings is 1. The molecular formula is C22H27N3O4. The fraction of sp³-hybridized carbons (Fsp3) is 0.409. The molecule has 2 heterocycles. The molecule has 154 valence electrons. The van der Waals surface area contributed by atoms with Crippen molar-refractivity contribution in [1.82, 2.24) is 14.8 Å². The Kier molecular flexibility index (Phi) is 7.05. The SMILES string of the molecule is CCOC(=O)CCC(=O)N1CCC(NC(=O)c2ccc(-n3cccc3)cc2)CC1. The van der Waals surface area contributed by atoms with Crippen molar-refractivity contribution in [2.45, 2.75) is 38.6 Å². The monoisotopic (exact) mass is 397 g/mol. The Morgan fingerprint density at radius 1 is 1.03 bits per heavy atom. The number of esters is 1. The smallest absolute Gasteiger partial charge is 0.306 e. The fourth-order valence-electron chi connectivity index (χ4n) is 3.43. The van der Waals surface area contributed by atoms with Crippen molar-refractivity contribution in [3.05, 3.63) is 54.4 Å². The fourth-order valence-corrected chi connectivity index (χ4v) is 3.43. The molecule has 0 spiro atoms. The molecule has 1 aliphatic heterocycles. The number of amides is 2. The minimum absolute atomic E-state index is 0.0385. The Bertz CT molecular complexity index is 822. The third kappa shape index (κ3) is 5.70. The van der Waals surface area contributed by atoms with Crippen LogP contribution >= 0.6 is 0 Å². The third-order valence-corrected chi connectivity index (χ3v) is 5.06. The molecule has 1 aliphatic rings. The lowest BCUT2D eigenvalue weighted by Crippen LogP contribution is -2.46. The molecule has 0 bridgehead atoms. The molecule has 1 fully saturated rings. The van der Waals surface area contributed by atoms with Gasteiger partial charge in [0.2, 0.25) is 5.91 Å². The van der Waals surface area contributed by atoms with Gasteiger partial charge in [0.25, 0.3) is 5.91 Å². The molecule has 2 amide bonds. The summed E-state index contributed by atoms with van der Waals surface area (Å²) < 4.78 is 6.83. The number of benzene rings is 1. The third-order valence-electron chi connectivity index (χ3n) is 5.06. The maximum atomic E-state index is 12.5. The topological polar surface area (TPSA) is 80.6 Å². The minimum atomic E-state index is -0.342. The standard InChI is InChI=1S/C22H27N3O4/c1-2-29-21(27)10-9-20(26)25-15-11-18(12-16-25)23-22(28)17-5-7-19(8-6-17)24-13-3-4-14-24/h3-8,13-14,18H,2,9-12,15-16H2,1H3,(H,23,28). The van der Waals surface area contributed by atoms with Crippen molar-refractivity contribution in [3.63, 3.8) is 0 Å². The molecule has 1 saturated heterocycles. The lowest BCUT2D eigenvalue weighted by Gasteiger charge is -2.32. The van der Waals surface area contributed by atoms with Gasteiger partial charge >= 0.3 is 5.97 Å². The molecule has 1 aromatic carbocycles. The Hall–Kier alpha value is -3.09. The minimum Gasteiger partial charge on any atom is -0.466 e. The molecule has 3 rings (SSSR count). The quantitative estimate of drug-likeness (QED) is 0.728. The lowest BCUT2D eigenvalue weighted by molar-refractivity contribution is -0.145. The molecule has 7 nitrogen and oxygen atoms in total. The van der Waals surface area contributed by atoms with E-state index >= 15 is 0 Å². The summed E-state index contributed by atoms with van der Waals surface area (Å²) in [5, 5.41) is 3.06. The second-order valence-corrected chi connectivity index (χ2v) is 7.07. The van der Waals surface area contributed by atoms with Gasteiger partial charge in [-0.1, -0.05) is 0 Å². The van der Waals surface area contributed by atoms with Gasteiger partial charge in [-0.15, -0.1) is 0 Å². The van der Waals surface area contributed by atoms with Crippen LogP contribution in [-0.2, 0) is 14.3 Å². The van der Waals surface area contributed by atoms with E-state index in [1.165, 1.54) is 0 Å². The van der Waals surface area contributed by atoms with E-state index in [9.17, 15) is 14.4 Å². The zero-order chi connectivity index (χ0) is 20.6. The maximum Gasteiger partial charge on any atom is 0.306 e. The molecule has 0 atom stereocenters. The first kappa shape index (κ1) is 20.6. The average Bonchev–Trinajstić information content (AvgIpc) is 3.28. The molecule has 0 saturated carbocycles. The molecule has 29 heavy (non-hydrogen) atoms. The number of nitrogens with one attached hydrogen (secondary N) is 1. The summed E-state index contributed by atoms with van der Waals surface area (Å²) in [5.41, 5.74) is 1.62. The van der Waals surface area contributed by atoms with Gasteiger partial charge in [0, 0.05) is 49.2 Å². The molecule has 0 radical (unpaired) electrons. The van der Waals surface area contributed by atoms with Crippen molar-refractivity contribution in [2.24, 2.45) is 0 Å². The molecule has 0 aliphatic carbocycles. The van der Waals surface area contributed by atoms with Crippen molar-refractivity contribution in [1.29, 1.82) is 0 Å². The molecule has 1 N–H and O–H groups in total. The zero-order valence-corrected chi connectivity index (χ0v) is 16.7. The van der Waals surface area contributed by atoms with E-state index in [0.29, 0.717) is 38.1 Å². The summed E-state index contributed by atoms with van der Waals surface area (Å²) in [4.78, 5) is 37.9. The number of ether oxygens (including phenoxy) is 1. The summed E-state index contributed by atoms with van der Waals surface area (Å²) >= 11 is 0. The predicted octanol–water partition coefficient (Wildman–Crippen LogP) is 2.54. The van der Waals surface area contributed by atoms with Crippen LogP contribution < -0.4 is 5.32 Å². The second-order valence-electron chi connectivity index (χ2n) is 7.07. The number of nitrogens with zero attached hydrogens (tertiary/aromatic N) is 2. The molecule has 1 aromatic heterocycles. The zero-order valence-electron chi connectivity index (χ0n) is 16.7. The van der Waals surface area contributed by atoms with E-state index in [2.05, 4.69) is 5.32 Å². The van der Waals surface area contributed by atoms with Gasteiger partial charge < -0.3 is 19.5 Å². The number of rotatable bonds is 7. The summed E-state index contributed by atoms with van der Waals surface area (Å²) in [7, 11) is 0. The second kappa shape index (κ2) is 9.91. The predicted molar refractivity (Wildman–Crippen MR) is 109 cm³/mol. The van der Waals surface area contributed by atoms with Crippen LogP contribution in [0.3, 0.4) is 0 Å². The van der Waals surface area contributed by atoms with Crippen molar-refractivity contribution < 1.29 is 19.1 Å². The van der Waals surface area contributed by atoms with Crippen LogP contribution in [0.2, 0.25) is 0 Å². The molecule has 2 aromatic rings. The van der Waals surface area contributed by atoms with Crippen LogP contribution in [-0.4, -0.2) is 53.0 Å². The van der Waals surface area contributed by atoms with Crippen LogP contribution in [0.5, 0.6) is 0 Å². The van der Waals surface area contributed by atoms with E-state index in [4.69, 9.17) is 4.74 Å². The van der Waals surface area contributed by atoms with Gasteiger partial charge in [-0.05, 0) is 56.2 Å². The normalized spacial score (nSPS) is 14.4. The van der Waals surface area contributed by atoms with Crippen LogP contribution in [0.25, 0.3) is 5.69 Å². The van der Waals surface area contributed by atoms with Crippen molar-refractivity contribution in [3.8, 4) is 5.69 Å². The summed E-state index contributed by atoms with van der Waals surface area (Å²) in [6, 6.07) is 11.4. The van der Waals surface area contributed by atoms with E-state index in [0.717, 1.165) is 5.69 Å². The number of likely N-dealkylation sites (tertiary alicyclic amines) is 1. The van der Waals surface area contributed by atoms with Gasteiger partial charge in [-0.25, -0.2) is 0 Å². The van der Waals surface area contributed by atoms with Crippen LogP contribution in [0.4, 0.5) is 0 Å². The van der Waals surface area contributed by atoms with Crippen LogP contribution in [0.1, 0.15) is 43.0 Å².